The van der Waals surface area contributed by atoms with Gasteiger partial charge in [0, 0.05) is 57.2 Å². The summed E-state index contributed by atoms with van der Waals surface area (Å²) in [6, 6.07) is 13.8. The highest BCUT2D eigenvalue weighted by molar-refractivity contribution is 8.00. The molecule has 2 unspecified atom stereocenters. The minimum absolute atomic E-state index is 0.0296. The Morgan fingerprint density at radius 1 is 1.07 bits per heavy atom. The summed E-state index contributed by atoms with van der Waals surface area (Å²) in [5.74, 6) is -0.0783. The van der Waals surface area contributed by atoms with Crippen molar-refractivity contribution in [2.24, 2.45) is 5.41 Å². The Kier molecular flexibility index (Phi) is 10.6. The van der Waals surface area contributed by atoms with Crippen molar-refractivity contribution in [2.75, 3.05) is 6.61 Å². The Labute approximate surface area is 271 Å². The zero-order valence-electron chi connectivity index (χ0n) is 26.9. The lowest BCUT2D eigenvalue weighted by Gasteiger charge is -2.34. The highest BCUT2D eigenvalue weighted by Crippen LogP contribution is 2.44. The molecule has 0 saturated carbocycles. The van der Waals surface area contributed by atoms with E-state index in [0.717, 1.165) is 45.6 Å². The number of carbonyl (C=O) groups is 2. The van der Waals surface area contributed by atoms with E-state index in [2.05, 4.69) is 43.5 Å². The Morgan fingerprint density at radius 2 is 1.77 bits per heavy atom. The molecule has 2 heterocycles. The molecule has 0 saturated heterocycles. The predicted octanol–water partition coefficient (Wildman–Crippen LogP) is 8.78. The average molecular weight is 637 g/mol. The normalized spacial score (nSPS) is 19.2. The Balaban J connectivity index is 1.79. The topological polar surface area (TPSA) is 71.8 Å². The van der Waals surface area contributed by atoms with Crippen molar-refractivity contribution in [3.05, 3.63) is 83.0 Å². The number of carbonyl (C=O) groups excluding carboxylic acids is 1. The molecular weight excluding hydrogens is 592 g/mol. The number of carboxylic acids is 1. The summed E-state index contributed by atoms with van der Waals surface area (Å²) in [4.78, 5) is 28.0. The third-order valence-corrected chi connectivity index (χ3v) is 9.41. The largest absolute Gasteiger partial charge is 0.491 e. The van der Waals surface area contributed by atoms with Gasteiger partial charge >= 0.3 is 5.97 Å². The first-order chi connectivity index (χ1) is 20.7. The maximum Gasteiger partial charge on any atom is 0.309 e. The fourth-order valence-corrected chi connectivity index (χ4v) is 6.95. The van der Waals surface area contributed by atoms with Crippen molar-refractivity contribution in [3.8, 4) is 5.75 Å². The summed E-state index contributed by atoms with van der Waals surface area (Å²) < 4.78 is 8.59. The third-order valence-electron chi connectivity index (χ3n) is 7.88. The molecule has 0 spiro atoms. The number of aromatic nitrogens is 1. The fraction of sp³-hybridized carbons (Fsp3) is 0.444. The van der Waals surface area contributed by atoms with Crippen LogP contribution in [0, 0.1) is 5.41 Å². The molecule has 0 aliphatic carbocycles. The second-order valence-corrected chi connectivity index (χ2v) is 15.5. The number of halogens is 1. The monoisotopic (exact) mass is 636 g/mol. The first-order valence-electron chi connectivity index (χ1n) is 15.2. The standard InChI is InChI=1S/C36H45ClN2O4S/c1-24-12-10-8-9-11-13-28(39(24)25(2)40)23-43-29-18-19-31-30(20-29)33(44-35(3,4)5)32(21-36(6,7)34(41)42)38(31)22-26-14-16-27(37)17-15-26/h8-10,12,14-20,24,28H,11,13,21-23H2,1-7H3,(H,41,42)/b9-8-,12-10-. The summed E-state index contributed by atoms with van der Waals surface area (Å²) >= 11 is 7.94. The van der Waals surface area contributed by atoms with Crippen LogP contribution in [-0.2, 0) is 22.6 Å². The molecule has 1 amide bonds. The van der Waals surface area contributed by atoms with E-state index in [1.165, 1.54) is 0 Å². The van der Waals surface area contributed by atoms with Crippen LogP contribution in [0.4, 0.5) is 0 Å². The van der Waals surface area contributed by atoms with Gasteiger partial charge in [-0.15, -0.1) is 11.8 Å². The number of thioether (sulfide) groups is 1. The van der Waals surface area contributed by atoms with Gasteiger partial charge in [-0.1, -0.05) is 68.8 Å². The van der Waals surface area contributed by atoms with E-state index in [4.69, 9.17) is 16.3 Å². The zero-order valence-corrected chi connectivity index (χ0v) is 28.5. The highest BCUT2D eigenvalue weighted by atomic mass is 35.5. The number of aliphatic carboxylic acids is 1. The Bertz CT molecular complexity index is 1550. The van der Waals surface area contributed by atoms with Gasteiger partial charge in [-0.3, -0.25) is 9.59 Å². The van der Waals surface area contributed by atoms with Crippen molar-refractivity contribution < 1.29 is 19.4 Å². The molecule has 6 nitrogen and oxygen atoms in total. The summed E-state index contributed by atoms with van der Waals surface area (Å²) in [5, 5.41) is 11.8. The molecule has 3 aromatic rings. The minimum Gasteiger partial charge on any atom is -0.491 e. The lowest BCUT2D eigenvalue weighted by atomic mass is 9.88. The molecule has 44 heavy (non-hydrogen) atoms. The SMILES string of the molecule is CC(=O)N1C(C)/C=C\C=C/CCC1COc1ccc2c(c1)c(SC(C)(C)C)c(CC(C)(C)C(=O)O)n2Cc1ccc(Cl)cc1. The smallest absolute Gasteiger partial charge is 0.309 e. The van der Waals surface area contributed by atoms with Gasteiger partial charge in [0.25, 0.3) is 0 Å². The van der Waals surface area contributed by atoms with Crippen LogP contribution in [0.1, 0.15) is 72.6 Å². The van der Waals surface area contributed by atoms with Gasteiger partial charge in [-0.2, -0.15) is 0 Å². The molecule has 0 fully saturated rings. The van der Waals surface area contributed by atoms with Crippen LogP contribution < -0.4 is 4.74 Å². The van der Waals surface area contributed by atoms with Crippen molar-refractivity contribution in [1.82, 2.24) is 9.47 Å². The lowest BCUT2D eigenvalue weighted by Crippen LogP contribution is -2.47. The highest BCUT2D eigenvalue weighted by Gasteiger charge is 2.33. The van der Waals surface area contributed by atoms with Crippen molar-refractivity contribution in [1.29, 1.82) is 0 Å². The number of hydrogen-bond acceptors (Lipinski definition) is 4. The number of rotatable bonds is 9. The molecule has 1 N–H and O–H groups in total. The van der Waals surface area contributed by atoms with Gasteiger partial charge in [0.1, 0.15) is 12.4 Å². The molecule has 236 valence electrons. The maximum absolute atomic E-state index is 12.7. The minimum atomic E-state index is -0.967. The van der Waals surface area contributed by atoms with E-state index in [0.29, 0.717) is 24.6 Å². The van der Waals surface area contributed by atoms with Crippen LogP contribution in [0.25, 0.3) is 10.9 Å². The van der Waals surface area contributed by atoms with Crippen LogP contribution in [0.3, 0.4) is 0 Å². The van der Waals surface area contributed by atoms with Crippen LogP contribution in [0.2, 0.25) is 5.02 Å². The van der Waals surface area contributed by atoms with Gasteiger partial charge in [0.05, 0.1) is 11.5 Å². The van der Waals surface area contributed by atoms with Crippen molar-refractivity contribution in [2.45, 2.75) is 96.0 Å². The van der Waals surface area contributed by atoms with E-state index in [9.17, 15) is 14.7 Å². The van der Waals surface area contributed by atoms with Crippen molar-refractivity contribution in [3.63, 3.8) is 0 Å². The number of carboxylic acid groups (broad SMARTS) is 1. The Hall–Kier alpha value is -3.16. The number of nitrogens with zero attached hydrogens (tertiary/aromatic N) is 2. The Morgan fingerprint density at radius 3 is 2.41 bits per heavy atom. The molecule has 2 atom stereocenters. The molecular formula is C36H45ClN2O4S. The van der Waals surface area contributed by atoms with Crippen LogP contribution in [0.5, 0.6) is 5.75 Å². The van der Waals surface area contributed by atoms with Gasteiger partial charge in [0.15, 0.2) is 0 Å². The molecule has 1 aromatic heterocycles. The molecule has 0 bridgehead atoms. The fourth-order valence-electron chi connectivity index (χ4n) is 5.64. The number of benzene rings is 2. The van der Waals surface area contributed by atoms with E-state index in [-0.39, 0.29) is 22.7 Å². The van der Waals surface area contributed by atoms with Crippen LogP contribution in [-0.4, -0.2) is 49.9 Å². The quantitative estimate of drug-likeness (QED) is 0.238. The summed E-state index contributed by atoms with van der Waals surface area (Å²) in [6.07, 6.45) is 10.3. The number of ether oxygens (including phenoxy) is 1. The number of allylic oxidation sites excluding steroid dienone is 3. The average Bonchev–Trinajstić information content (AvgIpc) is 3.23. The first-order valence-corrected chi connectivity index (χ1v) is 16.4. The molecule has 0 radical (unpaired) electrons. The van der Waals surface area contributed by atoms with Gasteiger partial charge in [-0.25, -0.2) is 0 Å². The number of amides is 1. The summed E-state index contributed by atoms with van der Waals surface area (Å²) in [6.45, 7) is 14.7. The third kappa shape index (κ3) is 8.30. The second kappa shape index (κ2) is 13.9. The number of hydrogen-bond donors (Lipinski definition) is 1. The van der Waals surface area contributed by atoms with Crippen molar-refractivity contribution >= 4 is 46.1 Å². The van der Waals surface area contributed by atoms with E-state index in [1.54, 1.807) is 32.5 Å². The van der Waals surface area contributed by atoms with Gasteiger partial charge in [0.2, 0.25) is 5.91 Å². The molecule has 2 aromatic carbocycles. The second-order valence-electron chi connectivity index (χ2n) is 13.3. The molecule has 8 heteroatoms. The van der Waals surface area contributed by atoms with Gasteiger partial charge < -0.3 is 19.3 Å². The summed E-state index contributed by atoms with van der Waals surface area (Å²) in [7, 11) is 0. The number of fused-ring (bicyclic) bond motifs is 1. The summed E-state index contributed by atoms with van der Waals surface area (Å²) in [5.41, 5.74) is 2.12. The first kappa shape index (κ1) is 33.7. The predicted molar refractivity (Wildman–Crippen MR) is 182 cm³/mol. The van der Waals surface area contributed by atoms with E-state index >= 15 is 0 Å². The lowest BCUT2D eigenvalue weighted by molar-refractivity contribution is -0.146. The van der Waals surface area contributed by atoms with E-state index < -0.39 is 11.4 Å². The van der Waals surface area contributed by atoms with E-state index in [1.807, 2.05) is 60.4 Å². The molecule has 1 aliphatic rings. The zero-order chi connectivity index (χ0) is 32.2. The van der Waals surface area contributed by atoms with Gasteiger partial charge in [-0.05, 0) is 69.5 Å². The maximum atomic E-state index is 12.7. The molecule has 1 aliphatic heterocycles. The molecule has 4 rings (SSSR count). The van der Waals surface area contributed by atoms with Crippen LogP contribution in [0.15, 0.2) is 71.7 Å². The van der Waals surface area contributed by atoms with Crippen LogP contribution >= 0.6 is 23.4 Å².